The van der Waals surface area contributed by atoms with Gasteiger partial charge in [-0.3, -0.25) is 0 Å². The van der Waals surface area contributed by atoms with E-state index in [2.05, 4.69) is 47.6 Å². The molecule has 1 aromatic rings. The van der Waals surface area contributed by atoms with Crippen molar-refractivity contribution < 1.29 is 0 Å². The Bertz CT molecular complexity index is 298. The van der Waals surface area contributed by atoms with Crippen LogP contribution in [0.1, 0.15) is 32.9 Å². The SMILES string of the molecule is CCCNc1snnc1CN(C)CC(C)C. The third-order valence-electron chi connectivity index (χ3n) is 2.19. The summed E-state index contributed by atoms with van der Waals surface area (Å²) in [4.78, 5) is 2.29. The zero-order valence-corrected chi connectivity index (χ0v) is 11.5. The standard InChI is InChI=1S/C11H22N4S/c1-5-6-12-11-10(13-14-16-11)8-15(4)7-9(2)3/h9,12H,5-8H2,1-4H3. The van der Waals surface area contributed by atoms with E-state index in [4.69, 9.17) is 0 Å². The van der Waals surface area contributed by atoms with Crippen molar-refractivity contribution in [2.75, 3.05) is 25.5 Å². The summed E-state index contributed by atoms with van der Waals surface area (Å²) in [5, 5.41) is 8.67. The minimum Gasteiger partial charge on any atom is -0.374 e. The fraction of sp³-hybridized carbons (Fsp3) is 0.818. The molecule has 0 saturated carbocycles. The first-order valence-corrected chi connectivity index (χ1v) is 6.64. The smallest absolute Gasteiger partial charge is 0.134 e. The summed E-state index contributed by atoms with van der Waals surface area (Å²) in [6.07, 6.45) is 1.12. The summed E-state index contributed by atoms with van der Waals surface area (Å²) >= 11 is 1.45. The highest BCUT2D eigenvalue weighted by Crippen LogP contribution is 2.19. The van der Waals surface area contributed by atoms with E-state index >= 15 is 0 Å². The lowest BCUT2D eigenvalue weighted by atomic mass is 10.2. The topological polar surface area (TPSA) is 41.1 Å². The summed E-state index contributed by atoms with van der Waals surface area (Å²) < 4.78 is 4.01. The Morgan fingerprint density at radius 1 is 1.44 bits per heavy atom. The Labute approximate surface area is 102 Å². The van der Waals surface area contributed by atoms with Crippen LogP contribution in [-0.2, 0) is 6.54 Å². The monoisotopic (exact) mass is 242 g/mol. The van der Waals surface area contributed by atoms with E-state index in [9.17, 15) is 0 Å². The molecule has 1 rings (SSSR count). The van der Waals surface area contributed by atoms with Crippen LogP contribution in [0.25, 0.3) is 0 Å². The molecular formula is C11H22N4S. The van der Waals surface area contributed by atoms with Crippen molar-refractivity contribution in [1.82, 2.24) is 14.5 Å². The van der Waals surface area contributed by atoms with Crippen LogP contribution in [0.3, 0.4) is 0 Å². The second-order valence-corrected chi connectivity index (χ2v) is 5.32. The molecule has 1 N–H and O–H groups in total. The van der Waals surface area contributed by atoms with Crippen LogP contribution in [0.15, 0.2) is 0 Å². The molecule has 0 radical (unpaired) electrons. The molecule has 0 aliphatic carbocycles. The van der Waals surface area contributed by atoms with Crippen LogP contribution >= 0.6 is 11.5 Å². The van der Waals surface area contributed by atoms with Crippen LogP contribution in [-0.4, -0.2) is 34.6 Å². The molecule has 0 aromatic carbocycles. The Hall–Kier alpha value is -0.680. The summed E-state index contributed by atoms with van der Waals surface area (Å²) in [5.74, 6) is 0.684. The number of nitrogens with zero attached hydrogens (tertiary/aromatic N) is 3. The van der Waals surface area contributed by atoms with Gasteiger partial charge < -0.3 is 10.2 Å². The van der Waals surface area contributed by atoms with Crippen molar-refractivity contribution >= 4 is 16.5 Å². The number of rotatable bonds is 7. The first-order valence-electron chi connectivity index (χ1n) is 5.87. The lowest BCUT2D eigenvalue weighted by Crippen LogP contribution is -2.23. The molecule has 0 amide bonds. The molecule has 0 aliphatic rings. The second kappa shape index (κ2) is 6.81. The van der Waals surface area contributed by atoms with Crippen molar-refractivity contribution in [1.29, 1.82) is 0 Å². The summed E-state index contributed by atoms with van der Waals surface area (Å²) in [7, 11) is 2.13. The van der Waals surface area contributed by atoms with Gasteiger partial charge in [-0.05, 0) is 19.4 Å². The molecule has 1 heterocycles. The van der Waals surface area contributed by atoms with E-state index in [1.807, 2.05) is 0 Å². The quantitative estimate of drug-likeness (QED) is 0.797. The molecule has 0 saturated heterocycles. The predicted molar refractivity (Wildman–Crippen MR) is 69.9 cm³/mol. The number of hydrogen-bond donors (Lipinski definition) is 1. The zero-order valence-electron chi connectivity index (χ0n) is 10.7. The summed E-state index contributed by atoms with van der Waals surface area (Å²) in [5.41, 5.74) is 1.07. The van der Waals surface area contributed by atoms with Gasteiger partial charge in [-0.1, -0.05) is 25.3 Å². The maximum Gasteiger partial charge on any atom is 0.134 e. The van der Waals surface area contributed by atoms with Crippen molar-refractivity contribution in [2.45, 2.75) is 33.7 Å². The number of anilines is 1. The molecule has 0 unspecified atom stereocenters. The Balaban J connectivity index is 2.49. The fourth-order valence-corrected chi connectivity index (χ4v) is 2.23. The van der Waals surface area contributed by atoms with Crippen molar-refractivity contribution in [3.63, 3.8) is 0 Å². The maximum absolute atomic E-state index is 4.18. The molecule has 0 fully saturated rings. The highest BCUT2D eigenvalue weighted by atomic mass is 32.1. The van der Waals surface area contributed by atoms with Gasteiger partial charge in [0.05, 0.1) is 0 Å². The number of hydrogen-bond acceptors (Lipinski definition) is 5. The predicted octanol–water partition coefficient (Wildman–Crippen LogP) is 2.45. The number of nitrogens with one attached hydrogen (secondary N) is 1. The molecule has 4 nitrogen and oxygen atoms in total. The van der Waals surface area contributed by atoms with Gasteiger partial charge in [0.25, 0.3) is 0 Å². The van der Waals surface area contributed by atoms with E-state index in [1.54, 1.807) is 0 Å². The first-order chi connectivity index (χ1) is 7.63. The van der Waals surface area contributed by atoms with Crippen LogP contribution in [0.2, 0.25) is 0 Å². The van der Waals surface area contributed by atoms with Crippen LogP contribution < -0.4 is 5.32 Å². The maximum atomic E-state index is 4.18. The van der Waals surface area contributed by atoms with E-state index in [1.165, 1.54) is 11.5 Å². The van der Waals surface area contributed by atoms with Gasteiger partial charge in [-0.2, -0.15) is 0 Å². The molecule has 92 valence electrons. The highest BCUT2D eigenvalue weighted by Gasteiger charge is 2.10. The van der Waals surface area contributed by atoms with Crippen LogP contribution in [0.4, 0.5) is 5.00 Å². The molecule has 0 aliphatic heterocycles. The lowest BCUT2D eigenvalue weighted by molar-refractivity contribution is 0.285. The summed E-state index contributed by atoms with van der Waals surface area (Å²) in [6, 6.07) is 0. The minimum absolute atomic E-state index is 0.684. The minimum atomic E-state index is 0.684. The van der Waals surface area contributed by atoms with Gasteiger partial charge in [-0.15, -0.1) is 5.10 Å². The van der Waals surface area contributed by atoms with Gasteiger partial charge in [0.1, 0.15) is 10.7 Å². The summed E-state index contributed by atoms with van der Waals surface area (Å²) in [6.45, 7) is 9.57. The average Bonchev–Trinajstić information content (AvgIpc) is 2.61. The zero-order chi connectivity index (χ0) is 12.0. The second-order valence-electron chi connectivity index (χ2n) is 4.57. The van der Waals surface area contributed by atoms with Gasteiger partial charge >= 0.3 is 0 Å². The average molecular weight is 242 g/mol. The molecule has 0 spiro atoms. The molecule has 5 heteroatoms. The third-order valence-corrected chi connectivity index (χ3v) is 2.91. The molecule has 0 atom stereocenters. The van der Waals surface area contributed by atoms with Gasteiger partial charge in [0, 0.05) is 31.2 Å². The normalized spacial score (nSPS) is 11.4. The van der Waals surface area contributed by atoms with E-state index in [-0.39, 0.29) is 0 Å². The van der Waals surface area contributed by atoms with E-state index < -0.39 is 0 Å². The highest BCUT2D eigenvalue weighted by molar-refractivity contribution is 7.10. The first kappa shape index (κ1) is 13.4. The Kier molecular flexibility index (Phi) is 5.69. The van der Waals surface area contributed by atoms with Crippen molar-refractivity contribution in [3.8, 4) is 0 Å². The van der Waals surface area contributed by atoms with Crippen molar-refractivity contribution in [3.05, 3.63) is 5.69 Å². The Morgan fingerprint density at radius 2 is 2.19 bits per heavy atom. The lowest BCUT2D eigenvalue weighted by Gasteiger charge is -2.18. The largest absolute Gasteiger partial charge is 0.374 e. The Morgan fingerprint density at radius 3 is 2.81 bits per heavy atom. The fourth-order valence-electron chi connectivity index (χ4n) is 1.63. The van der Waals surface area contributed by atoms with Crippen LogP contribution in [0, 0.1) is 5.92 Å². The third kappa shape index (κ3) is 4.45. The van der Waals surface area contributed by atoms with E-state index in [0.29, 0.717) is 5.92 Å². The molecule has 1 aromatic heterocycles. The molecular weight excluding hydrogens is 220 g/mol. The molecule has 16 heavy (non-hydrogen) atoms. The van der Waals surface area contributed by atoms with E-state index in [0.717, 1.165) is 36.8 Å². The van der Waals surface area contributed by atoms with Crippen LogP contribution in [0.5, 0.6) is 0 Å². The van der Waals surface area contributed by atoms with Gasteiger partial charge in [-0.25, -0.2) is 0 Å². The molecule has 0 bridgehead atoms. The van der Waals surface area contributed by atoms with Crippen molar-refractivity contribution in [2.24, 2.45) is 5.92 Å². The van der Waals surface area contributed by atoms with Gasteiger partial charge in [0.15, 0.2) is 0 Å². The van der Waals surface area contributed by atoms with Gasteiger partial charge in [0.2, 0.25) is 0 Å². The number of aromatic nitrogens is 2.